The summed E-state index contributed by atoms with van der Waals surface area (Å²) in [5.74, 6) is -0.178. The first-order valence-corrected chi connectivity index (χ1v) is 7.01. The van der Waals surface area contributed by atoms with Crippen molar-refractivity contribution in [1.82, 2.24) is 4.90 Å². The summed E-state index contributed by atoms with van der Waals surface area (Å²) in [6, 6.07) is 1.92. The highest BCUT2D eigenvalue weighted by molar-refractivity contribution is 8.18. The fourth-order valence-corrected chi connectivity index (χ4v) is 3.45. The Balaban J connectivity index is 2.31. The Hall–Kier alpha value is -1.07. The van der Waals surface area contributed by atoms with Crippen molar-refractivity contribution < 1.29 is 9.59 Å². The number of thioether (sulfide) groups is 1. The van der Waals surface area contributed by atoms with E-state index in [4.69, 9.17) is 0 Å². The predicted octanol–water partition coefficient (Wildman–Crippen LogP) is 3.50. The smallest absolute Gasteiger partial charge is 0.268 e. The molecular weight excluding hydrogens is 254 g/mol. The summed E-state index contributed by atoms with van der Waals surface area (Å²) < 4.78 is 0. The Bertz CT molecular complexity index is 502. The molecule has 2 rings (SSSR count). The fourth-order valence-electron chi connectivity index (χ4n) is 1.58. The second-order valence-corrected chi connectivity index (χ2v) is 6.05. The van der Waals surface area contributed by atoms with Crippen molar-refractivity contribution in [3.63, 3.8) is 0 Å². The van der Waals surface area contributed by atoms with Crippen molar-refractivity contribution in [1.29, 1.82) is 0 Å². The molecule has 1 fully saturated rings. The van der Waals surface area contributed by atoms with Gasteiger partial charge < -0.3 is 0 Å². The van der Waals surface area contributed by atoms with Crippen molar-refractivity contribution in [2.24, 2.45) is 0 Å². The van der Waals surface area contributed by atoms with E-state index in [1.165, 1.54) is 4.90 Å². The van der Waals surface area contributed by atoms with Gasteiger partial charge in [-0.05, 0) is 55.6 Å². The minimum absolute atomic E-state index is 0.0853. The number of thiophene rings is 1. The Labute approximate surface area is 109 Å². The third-order valence-electron chi connectivity index (χ3n) is 2.50. The highest BCUT2D eigenvalue weighted by atomic mass is 32.2. The highest BCUT2D eigenvalue weighted by Gasteiger charge is 2.36. The number of nitrogens with zero attached hydrogens (tertiary/aromatic N) is 1. The lowest BCUT2D eigenvalue weighted by atomic mass is 10.2. The first-order chi connectivity index (χ1) is 8.00. The molecule has 0 aromatic carbocycles. The second-order valence-electron chi connectivity index (χ2n) is 4.11. The van der Waals surface area contributed by atoms with Crippen LogP contribution in [0.2, 0.25) is 0 Å². The molecule has 1 aliphatic rings. The van der Waals surface area contributed by atoms with E-state index in [0.717, 1.165) is 22.2 Å². The monoisotopic (exact) mass is 267 g/mol. The number of rotatable bonds is 2. The van der Waals surface area contributed by atoms with Crippen LogP contribution in [0.15, 0.2) is 16.4 Å². The molecule has 0 unspecified atom stereocenters. The molecule has 90 valence electrons. The van der Waals surface area contributed by atoms with Crippen LogP contribution in [0.1, 0.15) is 24.3 Å². The standard InChI is InChI=1S/C12H13NO2S2/c1-7(2)13-11(14)10(17-12(13)15)6-9-8(3)4-5-16-9/h4-7H,1-3H3/b10-6-. The molecule has 1 saturated heterocycles. The molecule has 0 aliphatic carbocycles. The molecule has 3 nitrogen and oxygen atoms in total. The van der Waals surface area contributed by atoms with E-state index in [1.807, 2.05) is 38.3 Å². The van der Waals surface area contributed by atoms with Gasteiger partial charge in [0, 0.05) is 10.9 Å². The number of hydrogen-bond acceptors (Lipinski definition) is 4. The van der Waals surface area contributed by atoms with Crippen LogP contribution >= 0.6 is 23.1 Å². The Morgan fingerprint density at radius 2 is 2.06 bits per heavy atom. The molecule has 0 atom stereocenters. The van der Waals surface area contributed by atoms with E-state index in [9.17, 15) is 9.59 Å². The zero-order valence-corrected chi connectivity index (χ0v) is 11.5. The summed E-state index contributed by atoms with van der Waals surface area (Å²) >= 11 is 2.60. The third kappa shape index (κ3) is 2.30. The number of carbonyl (C=O) groups is 2. The molecule has 1 aliphatic heterocycles. The van der Waals surface area contributed by atoms with Gasteiger partial charge in [-0.15, -0.1) is 11.3 Å². The highest BCUT2D eigenvalue weighted by Crippen LogP contribution is 2.34. The number of hydrogen-bond donors (Lipinski definition) is 0. The van der Waals surface area contributed by atoms with Crippen molar-refractivity contribution in [2.45, 2.75) is 26.8 Å². The van der Waals surface area contributed by atoms with Crippen LogP contribution in [0.3, 0.4) is 0 Å². The zero-order chi connectivity index (χ0) is 12.6. The molecular formula is C12H13NO2S2. The zero-order valence-electron chi connectivity index (χ0n) is 9.89. The molecule has 0 N–H and O–H groups in total. The van der Waals surface area contributed by atoms with Crippen LogP contribution in [-0.4, -0.2) is 22.1 Å². The van der Waals surface area contributed by atoms with Gasteiger partial charge in [0.1, 0.15) is 0 Å². The summed E-state index contributed by atoms with van der Waals surface area (Å²) in [5, 5.41) is 1.80. The molecule has 0 saturated carbocycles. The summed E-state index contributed by atoms with van der Waals surface area (Å²) in [6.45, 7) is 5.68. The maximum atomic E-state index is 12.0. The largest absolute Gasteiger partial charge is 0.293 e. The van der Waals surface area contributed by atoms with Gasteiger partial charge in [-0.3, -0.25) is 14.5 Å². The van der Waals surface area contributed by atoms with Gasteiger partial charge in [0.15, 0.2) is 0 Å². The number of aryl methyl sites for hydroxylation is 1. The molecule has 1 aromatic rings. The molecule has 0 spiro atoms. The Morgan fingerprint density at radius 1 is 1.35 bits per heavy atom. The topological polar surface area (TPSA) is 37.4 Å². The molecule has 0 radical (unpaired) electrons. The third-order valence-corrected chi connectivity index (χ3v) is 4.35. The van der Waals surface area contributed by atoms with Gasteiger partial charge in [0.2, 0.25) is 0 Å². The fraction of sp³-hybridized carbons (Fsp3) is 0.333. The van der Waals surface area contributed by atoms with Crippen LogP contribution < -0.4 is 0 Å². The van der Waals surface area contributed by atoms with E-state index in [-0.39, 0.29) is 17.2 Å². The summed E-state index contributed by atoms with van der Waals surface area (Å²) in [5.41, 5.74) is 1.13. The first-order valence-electron chi connectivity index (χ1n) is 5.32. The maximum Gasteiger partial charge on any atom is 0.293 e. The van der Waals surface area contributed by atoms with E-state index < -0.39 is 0 Å². The molecule has 2 amide bonds. The normalized spacial score (nSPS) is 18.8. The molecule has 2 heterocycles. The molecule has 0 bridgehead atoms. The molecule has 1 aromatic heterocycles. The lowest BCUT2D eigenvalue weighted by molar-refractivity contribution is -0.123. The van der Waals surface area contributed by atoms with Gasteiger partial charge in [-0.25, -0.2) is 0 Å². The van der Waals surface area contributed by atoms with Crippen LogP contribution in [0.5, 0.6) is 0 Å². The molecule has 17 heavy (non-hydrogen) atoms. The van der Waals surface area contributed by atoms with Crippen LogP contribution in [0.4, 0.5) is 4.79 Å². The van der Waals surface area contributed by atoms with E-state index >= 15 is 0 Å². The number of amides is 2. The van der Waals surface area contributed by atoms with Crippen LogP contribution in [0.25, 0.3) is 6.08 Å². The van der Waals surface area contributed by atoms with Crippen molar-refractivity contribution in [3.05, 3.63) is 26.8 Å². The van der Waals surface area contributed by atoms with Gasteiger partial charge in [0.05, 0.1) is 4.91 Å². The summed E-state index contributed by atoms with van der Waals surface area (Å²) in [4.78, 5) is 26.6. The Kier molecular flexibility index (Phi) is 3.40. The second kappa shape index (κ2) is 4.66. The van der Waals surface area contributed by atoms with Crippen molar-refractivity contribution >= 4 is 40.3 Å². The number of carbonyl (C=O) groups excluding carboxylic acids is 2. The van der Waals surface area contributed by atoms with Gasteiger partial charge in [-0.1, -0.05) is 0 Å². The van der Waals surface area contributed by atoms with Gasteiger partial charge >= 0.3 is 0 Å². The Morgan fingerprint density at radius 3 is 2.53 bits per heavy atom. The SMILES string of the molecule is Cc1ccsc1/C=C1\SC(=O)N(C(C)C)C1=O. The number of imide groups is 1. The van der Waals surface area contributed by atoms with E-state index in [0.29, 0.717) is 4.91 Å². The lowest BCUT2D eigenvalue weighted by Gasteiger charge is -2.16. The minimum Gasteiger partial charge on any atom is -0.268 e. The lowest BCUT2D eigenvalue weighted by Crippen LogP contribution is -2.34. The van der Waals surface area contributed by atoms with Gasteiger partial charge in [-0.2, -0.15) is 0 Å². The molecule has 5 heteroatoms. The van der Waals surface area contributed by atoms with Crippen LogP contribution in [-0.2, 0) is 4.79 Å². The quantitative estimate of drug-likeness (QED) is 0.770. The maximum absolute atomic E-state index is 12.0. The first kappa shape index (κ1) is 12.4. The average molecular weight is 267 g/mol. The van der Waals surface area contributed by atoms with Crippen molar-refractivity contribution in [2.75, 3.05) is 0 Å². The van der Waals surface area contributed by atoms with Gasteiger partial charge in [0.25, 0.3) is 11.1 Å². The van der Waals surface area contributed by atoms with Crippen molar-refractivity contribution in [3.8, 4) is 0 Å². The average Bonchev–Trinajstić information content (AvgIpc) is 2.73. The summed E-state index contributed by atoms with van der Waals surface area (Å²) in [6.07, 6.45) is 1.81. The minimum atomic E-state index is -0.178. The van der Waals surface area contributed by atoms with E-state index in [2.05, 4.69) is 0 Å². The van der Waals surface area contributed by atoms with E-state index in [1.54, 1.807) is 11.3 Å². The summed E-state index contributed by atoms with van der Waals surface area (Å²) in [7, 11) is 0. The van der Waals surface area contributed by atoms with Crippen LogP contribution in [0, 0.1) is 6.92 Å². The predicted molar refractivity (Wildman–Crippen MR) is 72.0 cm³/mol.